The van der Waals surface area contributed by atoms with Crippen molar-refractivity contribution in [1.82, 2.24) is 5.32 Å². The Hall–Kier alpha value is -1.96. The van der Waals surface area contributed by atoms with Crippen molar-refractivity contribution in [3.63, 3.8) is 0 Å². The fourth-order valence-electron chi connectivity index (χ4n) is 2.95. The largest absolute Gasteiger partial charge is 0.486 e. The first kappa shape index (κ1) is 24.2. The number of amidine groups is 1. The number of carbonyl (C=O) groups is 1. The van der Waals surface area contributed by atoms with Gasteiger partial charge in [-0.25, -0.2) is 4.99 Å². The van der Waals surface area contributed by atoms with Crippen LogP contribution >= 0.6 is 62.5 Å². The monoisotopic (exact) mass is 580 g/mol. The van der Waals surface area contributed by atoms with Crippen molar-refractivity contribution in [2.75, 3.05) is 0 Å². The Bertz CT molecular complexity index is 1270. The highest BCUT2D eigenvalue weighted by Crippen LogP contribution is 2.37. The third-order valence-electron chi connectivity index (χ3n) is 4.60. The van der Waals surface area contributed by atoms with Gasteiger partial charge in [0, 0.05) is 0 Å². The molecule has 168 valence electrons. The maximum absolute atomic E-state index is 12.4. The summed E-state index contributed by atoms with van der Waals surface area (Å²) in [4.78, 5) is 17.4. The number of carbonyl (C=O) groups excluding carboxylic acids is 1. The van der Waals surface area contributed by atoms with Gasteiger partial charge in [-0.1, -0.05) is 58.6 Å². The molecule has 1 aliphatic rings. The molecule has 4 nitrogen and oxygen atoms in total. The minimum atomic E-state index is -0.210. The molecule has 3 aromatic carbocycles. The number of thioether (sulfide) groups is 1. The van der Waals surface area contributed by atoms with Crippen LogP contribution in [0, 0.1) is 6.92 Å². The molecule has 0 spiro atoms. The van der Waals surface area contributed by atoms with Crippen LogP contribution in [0.2, 0.25) is 15.1 Å². The fraction of sp³-hybridized carbons (Fsp3) is 0.0833. The van der Waals surface area contributed by atoms with Gasteiger partial charge >= 0.3 is 0 Å². The maximum Gasteiger partial charge on any atom is 0.264 e. The van der Waals surface area contributed by atoms with Crippen LogP contribution in [-0.4, -0.2) is 11.1 Å². The number of amides is 1. The molecule has 1 heterocycles. The van der Waals surface area contributed by atoms with E-state index in [1.165, 1.54) is 11.8 Å². The Morgan fingerprint density at radius 3 is 2.48 bits per heavy atom. The summed E-state index contributed by atoms with van der Waals surface area (Å²) in [6.07, 6.45) is 1.76. The second kappa shape index (κ2) is 10.5. The van der Waals surface area contributed by atoms with Gasteiger partial charge in [0.05, 0.1) is 30.1 Å². The quantitative estimate of drug-likeness (QED) is 0.309. The zero-order valence-electron chi connectivity index (χ0n) is 17.2. The van der Waals surface area contributed by atoms with Crippen LogP contribution in [0.5, 0.6) is 5.75 Å². The predicted molar refractivity (Wildman–Crippen MR) is 142 cm³/mol. The van der Waals surface area contributed by atoms with Crippen molar-refractivity contribution in [2.45, 2.75) is 13.5 Å². The van der Waals surface area contributed by atoms with Gasteiger partial charge in [0.15, 0.2) is 10.9 Å². The molecule has 1 amide bonds. The Morgan fingerprint density at radius 2 is 1.79 bits per heavy atom. The smallest absolute Gasteiger partial charge is 0.264 e. The summed E-state index contributed by atoms with van der Waals surface area (Å²) < 4.78 is 6.55. The van der Waals surface area contributed by atoms with E-state index in [0.29, 0.717) is 35.4 Å². The molecule has 0 bridgehead atoms. The molecule has 33 heavy (non-hydrogen) atoms. The molecule has 0 unspecified atom stereocenters. The van der Waals surface area contributed by atoms with Crippen LogP contribution in [0.25, 0.3) is 6.08 Å². The van der Waals surface area contributed by atoms with Crippen molar-refractivity contribution in [2.24, 2.45) is 4.99 Å². The highest BCUT2D eigenvalue weighted by Gasteiger charge is 2.24. The van der Waals surface area contributed by atoms with Gasteiger partial charge in [-0.3, -0.25) is 4.79 Å². The number of ether oxygens (including phenoxy) is 1. The van der Waals surface area contributed by atoms with Crippen molar-refractivity contribution in [1.29, 1.82) is 0 Å². The van der Waals surface area contributed by atoms with E-state index in [1.54, 1.807) is 24.3 Å². The zero-order valence-corrected chi connectivity index (χ0v) is 21.8. The lowest BCUT2D eigenvalue weighted by Crippen LogP contribution is -2.19. The molecule has 0 saturated carbocycles. The van der Waals surface area contributed by atoms with E-state index in [-0.39, 0.29) is 12.5 Å². The number of rotatable bonds is 5. The molecule has 1 fully saturated rings. The molecule has 1 aliphatic heterocycles. The summed E-state index contributed by atoms with van der Waals surface area (Å²) in [5, 5.41) is 4.68. The van der Waals surface area contributed by atoms with Crippen molar-refractivity contribution < 1.29 is 9.53 Å². The summed E-state index contributed by atoms with van der Waals surface area (Å²) in [6, 6.07) is 16.6. The average molecular weight is 583 g/mol. The highest BCUT2D eigenvalue weighted by atomic mass is 79.9. The molecule has 9 heteroatoms. The molecule has 0 radical (unpaired) electrons. The average Bonchev–Trinajstić information content (AvgIpc) is 3.10. The Kier molecular flexibility index (Phi) is 7.72. The van der Waals surface area contributed by atoms with Crippen LogP contribution in [0.3, 0.4) is 0 Å². The number of hydrogen-bond acceptors (Lipinski definition) is 4. The molecule has 0 aromatic heterocycles. The summed E-state index contributed by atoms with van der Waals surface area (Å²) in [6.45, 7) is 2.28. The first-order valence-corrected chi connectivity index (χ1v) is 12.4. The predicted octanol–water partition coefficient (Wildman–Crippen LogP) is 8.19. The number of aliphatic imine (C=N–C) groups is 1. The van der Waals surface area contributed by atoms with E-state index in [9.17, 15) is 4.79 Å². The standard InChI is InChI=1S/C24H16BrCl3N2O2S/c1-13-2-5-16(6-3-13)29-24-30-23(31)21(33-24)11-15-8-17(25)22(20(28)10-15)32-12-14-4-7-18(26)19(27)9-14/h2-11H,12H2,1H3,(H,29,30,31)/b21-11+. The lowest BCUT2D eigenvalue weighted by atomic mass is 10.2. The first-order valence-electron chi connectivity index (χ1n) is 9.70. The van der Waals surface area contributed by atoms with E-state index in [4.69, 9.17) is 39.5 Å². The van der Waals surface area contributed by atoms with Crippen LogP contribution in [0.15, 0.2) is 69.0 Å². The summed E-state index contributed by atoms with van der Waals surface area (Å²) in [7, 11) is 0. The molecule has 1 saturated heterocycles. The molecular weight excluding hydrogens is 567 g/mol. The lowest BCUT2D eigenvalue weighted by molar-refractivity contribution is -0.115. The second-order valence-electron chi connectivity index (χ2n) is 7.17. The van der Waals surface area contributed by atoms with Crippen LogP contribution in [-0.2, 0) is 11.4 Å². The third kappa shape index (κ3) is 6.14. The van der Waals surface area contributed by atoms with Gasteiger partial charge < -0.3 is 10.1 Å². The number of benzene rings is 3. The third-order valence-corrected chi connectivity index (χ3v) is 7.12. The normalized spacial score (nSPS) is 15.8. The fourth-order valence-corrected chi connectivity index (χ4v) is 5.11. The number of hydrogen-bond donors (Lipinski definition) is 1. The van der Waals surface area contributed by atoms with Crippen LogP contribution in [0.4, 0.5) is 5.69 Å². The Morgan fingerprint density at radius 1 is 1.03 bits per heavy atom. The summed E-state index contributed by atoms with van der Waals surface area (Å²) >= 11 is 23.3. The zero-order chi connectivity index (χ0) is 23.5. The van der Waals surface area contributed by atoms with E-state index >= 15 is 0 Å². The molecule has 0 aliphatic carbocycles. The maximum atomic E-state index is 12.4. The van der Waals surface area contributed by atoms with E-state index in [1.807, 2.05) is 43.3 Å². The van der Waals surface area contributed by atoms with Gasteiger partial charge in [-0.15, -0.1) is 0 Å². The van der Waals surface area contributed by atoms with E-state index in [0.717, 1.165) is 22.4 Å². The lowest BCUT2D eigenvalue weighted by Gasteiger charge is -2.12. The minimum absolute atomic E-state index is 0.210. The van der Waals surface area contributed by atoms with Gasteiger partial charge in [0.1, 0.15) is 6.61 Å². The molecule has 1 N–H and O–H groups in total. The Balaban J connectivity index is 1.49. The summed E-state index contributed by atoms with van der Waals surface area (Å²) in [5.41, 5.74) is 3.54. The number of nitrogens with zero attached hydrogens (tertiary/aromatic N) is 1. The van der Waals surface area contributed by atoms with Gasteiger partial charge in [0.2, 0.25) is 0 Å². The first-order chi connectivity index (χ1) is 15.8. The number of aryl methyl sites for hydroxylation is 1. The molecular formula is C24H16BrCl3N2O2S. The second-order valence-corrected chi connectivity index (χ2v) is 10.3. The molecule has 4 rings (SSSR count). The minimum Gasteiger partial charge on any atom is -0.486 e. The van der Waals surface area contributed by atoms with Crippen molar-refractivity contribution in [3.8, 4) is 5.75 Å². The summed E-state index contributed by atoms with van der Waals surface area (Å²) in [5.74, 6) is 0.285. The van der Waals surface area contributed by atoms with Crippen molar-refractivity contribution in [3.05, 3.63) is 95.7 Å². The number of halogens is 4. The van der Waals surface area contributed by atoms with Gasteiger partial charge in [0.25, 0.3) is 5.91 Å². The molecule has 0 atom stereocenters. The topological polar surface area (TPSA) is 50.7 Å². The van der Waals surface area contributed by atoms with Crippen LogP contribution < -0.4 is 10.1 Å². The van der Waals surface area contributed by atoms with Gasteiger partial charge in [-0.05, 0) is 88.2 Å². The SMILES string of the molecule is Cc1ccc(N=C2NC(=O)/C(=C\c3cc(Cl)c(OCc4ccc(Cl)c(Cl)c4)c(Br)c3)S2)cc1. The van der Waals surface area contributed by atoms with Crippen LogP contribution in [0.1, 0.15) is 16.7 Å². The number of nitrogens with one attached hydrogen (secondary N) is 1. The van der Waals surface area contributed by atoms with Crippen molar-refractivity contribution >= 4 is 85.3 Å². The highest BCUT2D eigenvalue weighted by molar-refractivity contribution is 9.10. The molecule has 3 aromatic rings. The van der Waals surface area contributed by atoms with E-state index in [2.05, 4.69) is 26.2 Å². The Labute approximate surface area is 219 Å². The van der Waals surface area contributed by atoms with E-state index < -0.39 is 0 Å². The van der Waals surface area contributed by atoms with Gasteiger partial charge in [-0.2, -0.15) is 0 Å².